The molecule has 0 nitrogen and oxygen atoms in total. The normalized spacial score (nSPS) is 11.6. The lowest BCUT2D eigenvalue weighted by Gasteiger charge is -2.16. The van der Waals surface area contributed by atoms with Crippen LogP contribution in [0.1, 0.15) is 168 Å². The van der Waals surface area contributed by atoms with Crippen LogP contribution in [0, 0.1) is 5.92 Å². The van der Waals surface area contributed by atoms with E-state index in [4.69, 9.17) is 0 Å². The second-order valence-electron chi connectivity index (χ2n) is 9.01. The lowest BCUT2D eigenvalue weighted by Crippen LogP contribution is -1.99. The topological polar surface area (TPSA) is 0 Å². The van der Waals surface area contributed by atoms with Gasteiger partial charge in [-0.25, -0.2) is 0 Å². The van der Waals surface area contributed by atoms with E-state index in [9.17, 15) is 0 Å². The highest BCUT2D eigenvalue weighted by Gasteiger charge is 2.09. The molecule has 0 spiro atoms. The second-order valence-corrected chi connectivity index (χ2v) is 9.01. The Kier molecular flexibility index (Phi) is 24.0. The monoisotopic (exact) mass is 379 g/mol. The number of unbranched alkanes of at least 4 members (excludes halogenated alkanes) is 17. The third-order valence-corrected chi connectivity index (χ3v) is 6.15. The van der Waals surface area contributed by atoms with E-state index in [-0.39, 0.29) is 0 Å². The van der Waals surface area contributed by atoms with E-state index in [0.717, 1.165) is 0 Å². The third-order valence-electron chi connectivity index (χ3n) is 6.15. The summed E-state index contributed by atoms with van der Waals surface area (Å²) in [7, 11) is 0. The Bertz CT molecular complexity index is 244. The highest BCUT2D eigenvalue weighted by Crippen LogP contribution is 2.26. The number of hydrogen-bond acceptors (Lipinski definition) is 0. The summed E-state index contributed by atoms with van der Waals surface area (Å²) < 4.78 is 0. The smallest absolute Gasteiger partial charge is 0.0241 e. The van der Waals surface area contributed by atoms with Crippen LogP contribution in [0.4, 0.5) is 0 Å². The Morgan fingerprint density at radius 1 is 0.296 bits per heavy atom. The first-order valence-corrected chi connectivity index (χ1v) is 13.2. The molecule has 0 atom stereocenters. The molecule has 27 heavy (non-hydrogen) atoms. The zero-order valence-electron chi connectivity index (χ0n) is 19.8. The molecule has 0 amide bonds. The highest BCUT2D eigenvalue weighted by molar-refractivity contribution is 4.89. The molecule has 0 aromatic rings. The minimum absolute atomic E-state index is 1.37. The molecule has 0 rings (SSSR count). The van der Waals surface area contributed by atoms with Crippen molar-refractivity contribution in [3.05, 3.63) is 5.92 Å². The fourth-order valence-electron chi connectivity index (χ4n) is 4.19. The SMILES string of the molecule is CCCCCCCCCC[C](CCCCCCC)CCCCCCCCC. The van der Waals surface area contributed by atoms with Gasteiger partial charge in [0.1, 0.15) is 0 Å². The molecule has 163 valence electrons. The van der Waals surface area contributed by atoms with Gasteiger partial charge >= 0.3 is 0 Å². The maximum atomic E-state index is 2.32. The van der Waals surface area contributed by atoms with Crippen molar-refractivity contribution >= 4 is 0 Å². The molecule has 0 heterocycles. The van der Waals surface area contributed by atoms with Gasteiger partial charge in [-0.05, 0) is 25.2 Å². The second kappa shape index (κ2) is 24.0. The predicted octanol–water partition coefficient (Wildman–Crippen LogP) is 10.6. The van der Waals surface area contributed by atoms with Crippen LogP contribution in [-0.2, 0) is 0 Å². The third kappa shape index (κ3) is 22.2. The fraction of sp³-hybridized carbons (Fsp3) is 0.963. The summed E-state index contributed by atoms with van der Waals surface area (Å²) in [5.74, 6) is 1.92. The Hall–Kier alpha value is 0. The van der Waals surface area contributed by atoms with Crippen molar-refractivity contribution in [3.63, 3.8) is 0 Å². The van der Waals surface area contributed by atoms with Gasteiger partial charge in [-0.3, -0.25) is 0 Å². The van der Waals surface area contributed by atoms with Crippen LogP contribution in [0.25, 0.3) is 0 Å². The Labute approximate surface area is 174 Å². The summed E-state index contributed by atoms with van der Waals surface area (Å²) in [4.78, 5) is 0. The molecule has 0 aromatic heterocycles. The quantitative estimate of drug-likeness (QED) is 0.155. The molecular weight excluding hydrogens is 324 g/mol. The van der Waals surface area contributed by atoms with E-state index in [2.05, 4.69) is 20.8 Å². The van der Waals surface area contributed by atoms with Gasteiger partial charge in [-0.1, -0.05) is 149 Å². The lowest BCUT2D eigenvalue weighted by atomic mass is 9.89. The Morgan fingerprint density at radius 3 is 0.778 bits per heavy atom. The van der Waals surface area contributed by atoms with Gasteiger partial charge in [0.25, 0.3) is 0 Å². The molecule has 0 aliphatic rings. The van der Waals surface area contributed by atoms with E-state index in [0.29, 0.717) is 0 Å². The number of rotatable bonds is 23. The van der Waals surface area contributed by atoms with Crippen LogP contribution in [0.15, 0.2) is 0 Å². The van der Waals surface area contributed by atoms with Crippen LogP contribution in [-0.4, -0.2) is 0 Å². The van der Waals surface area contributed by atoms with Crippen LogP contribution in [0.2, 0.25) is 0 Å². The number of hydrogen-bond donors (Lipinski definition) is 0. The molecule has 0 N–H and O–H groups in total. The maximum Gasteiger partial charge on any atom is -0.0241 e. The molecule has 0 unspecified atom stereocenters. The van der Waals surface area contributed by atoms with Crippen LogP contribution >= 0.6 is 0 Å². The average molecular weight is 380 g/mol. The van der Waals surface area contributed by atoms with E-state index in [1.54, 1.807) is 0 Å². The minimum atomic E-state index is 1.37. The molecule has 0 aromatic carbocycles. The van der Waals surface area contributed by atoms with Gasteiger partial charge < -0.3 is 0 Å². The lowest BCUT2D eigenvalue weighted by molar-refractivity contribution is 0.510. The summed E-state index contributed by atoms with van der Waals surface area (Å²) in [6, 6.07) is 0. The fourth-order valence-corrected chi connectivity index (χ4v) is 4.19. The first-order valence-electron chi connectivity index (χ1n) is 13.2. The molecule has 1 radical (unpaired) electrons. The van der Waals surface area contributed by atoms with Gasteiger partial charge in [0.05, 0.1) is 0 Å². The molecule has 0 heteroatoms. The summed E-state index contributed by atoms with van der Waals surface area (Å²) >= 11 is 0. The standard InChI is InChI=1S/C27H55/c1-4-7-10-13-15-17-20-23-26-27(24-21-18-12-9-6-3)25-22-19-16-14-11-8-5-2/h4-26H2,1-3H3. The van der Waals surface area contributed by atoms with Crippen molar-refractivity contribution < 1.29 is 0 Å². The van der Waals surface area contributed by atoms with Gasteiger partial charge in [0.2, 0.25) is 0 Å². The molecule has 0 bridgehead atoms. The van der Waals surface area contributed by atoms with Crippen molar-refractivity contribution in [2.45, 2.75) is 168 Å². The zero-order valence-corrected chi connectivity index (χ0v) is 19.8. The predicted molar refractivity (Wildman–Crippen MR) is 126 cm³/mol. The van der Waals surface area contributed by atoms with Gasteiger partial charge in [-0.2, -0.15) is 0 Å². The van der Waals surface area contributed by atoms with Gasteiger partial charge in [-0.15, -0.1) is 0 Å². The van der Waals surface area contributed by atoms with Crippen molar-refractivity contribution in [2.24, 2.45) is 0 Å². The minimum Gasteiger partial charge on any atom is -0.0654 e. The molecule has 0 saturated carbocycles. The summed E-state index contributed by atoms with van der Waals surface area (Å²) in [6.45, 7) is 6.94. The summed E-state index contributed by atoms with van der Waals surface area (Å²) in [6.07, 6.45) is 33.3. The zero-order chi connectivity index (χ0) is 19.8. The van der Waals surface area contributed by atoms with Crippen molar-refractivity contribution in [3.8, 4) is 0 Å². The molecule has 0 fully saturated rings. The van der Waals surface area contributed by atoms with Crippen LogP contribution in [0.5, 0.6) is 0 Å². The highest BCUT2D eigenvalue weighted by atomic mass is 14.1. The van der Waals surface area contributed by atoms with E-state index < -0.39 is 0 Å². The summed E-state index contributed by atoms with van der Waals surface area (Å²) in [5.41, 5.74) is 0. The Morgan fingerprint density at radius 2 is 0.519 bits per heavy atom. The van der Waals surface area contributed by atoms with Gasteiger partial charge in [0, 0.05) is 0 Å². The van der Waals surface area contributed by atoms with E-state index in [1.807, 2.05) is 5.92 Å². The van der Waals surface area contributed by atoms with Crippen molar-refractivity contribution in [1.82, 2.24) is 0 Å². The van der Waals surface area contributed by atoms with Crippen LogP contribution < -0.4 is 0 Å². The van der Waals surface area contributed by atoms with Crippen molar-refractivity contribution in [1.29, 1.82) is 0 Å². The molecule has 0 aliphatic heterocycles. The van der Waals surface area contributed by atoms with Crippen molar-refractivity contribution in [2.75, 3.05) is 0 Å². The molecule has 0 saturated heterocycles. The van der Waals surface area contributed by atoms with Crippen LogP contribution in [0.3, 0.4) is 0 Å². The molecule has 0 aliphatic carbocycles. The average Bonchev–Trinajstić information content (AvgIpc) is 2.68. The summed E-state index contributed by atoms with van der Waals surface area (Å²) in [5, 5.41) is 0. The maximum absolute atomic E-state index is 2.32. The Balaban J connectivity index is 3.75. The van der Waals surface area contributed by atoms with Gasteiger partial charge in [0.15, 0.2) is 0 Å². The van der Waals surface area contributed by atoms with E-state index >= 15 is 0 Å². The first kappa shape index (κ1) is 27.0. The first-order chi connectivity index (χ1) is 13.3. The van der Waals surface area contributed by atoms with E-state index in [1.165, 1.54) is 148 Å². The molecular formula is C27H55. The largest absolute Gasteiger partial charge is 0.0654 e.